The fraction of sp³-hybridized carbons (Fsp3) is 0.818. The summed E-state index contributed by atoms with van der Waals surface area (Å²) in [5.74, 6) is 0. The third kappa shape index (κ3) is 17.6. The third-order valence-corrected chi connectivity index (χ3v) is 1.68. The third-order valence-electron chi connectivity index (χ3n) is 1.68. The fourth-order valence-corrected chi connectivity index (χ4v) is 0.773. The van der Waals surface area contributed by atoms with Crippen molar-refractivity contribution in [1.29, 1.82) is 0 Å². The van der Waals surface area contributed by atoms with Crippen molar-refractivity contribution in [3.63, 3.8) is 0 Å². The standard InChI is InChI=1S/C8H16.C3H8O3/c1-3-5-7-8-6-4-2;4-1-3(6)2-5/h3H,1,4-8H2,2H3;3-6H,1-2H2. The minimum atomic E-state index is -0.954. The molecule has 0 saturated heterocycles. The Hall–Kier alpha value is -0.380. The fourth-order valence-electron chi connectivity index (χ4n) is 0.773. The molecule has 0 rings (SSSR count). The van der Waals surface area contributed by atoms with Crippen LogP contribution < -0.4 is 0 Å². The maximum absolute atomic E-state index is 8.17. The lowest BCUT2D eigenvalue weighted by molar-refractivity contribution is 0.0450. The van der Waals surface area contributed by atoms with Crippen LogP contribution >= 0.6 is 0 Å². The molecular weight excluding hydrogens is 180 g/mol. The zero-order valence-electron chi connectivity index (χ0n) is 9.15. The van der Waals surface area contributed by atoms with E-state index in [1.807, 2.05) is 6.08 Å². The van der Waals surface area contributed by atoms with E-state index in [0.717, 1.165) is 0 Å². The number of aliphatic hydroxyl groups excluding tert-OH is 3. The number of allylic oxidation sites excluding steroid dienone is 1. The molecule has 0 bridgehead atoms. The van der Waals surface area contributed by atoms with Crippen molar-refractivity contribution in [3.05, 3.63) is 12.7 Å². The van der Waals surface area contributed by atoms with Crippen LogP contribution in [0.15, 0.2) is 12.7 Å². The molecule has 0 aliphatic heterocycles. The predicted molar refractivity (Wildman–Crippen MR) is 59.1 cm³/mol. The SMILES string of the molecule is C=CCCCCCC.OCC(O)CO. The predicted octanol–water partition coefficient (Wildman–Crippen LogP) is 1.47. The van der Waals surface area contributed by atoms with Gasteiger partial charge in [0.2, 0.25) is 0 Å². The van der Waals surface area contributed by atoms with Crippen LogP contribution in [0.4, 0.5) is 0 Å². The molecule has 0 saturated carbocycles. The van der Waals surface area contributed by atoms with E-state index in [9.17, 15) is 0 Å². The minimum absolute atomic E-state index is 0.365. The average molecular weight is 204 g/mol. The van der Waals surface area contributed by atoms with Gasteiger partial charge in [-0.1, -0.05) is 32.3 Å². The maximum atomic E-state index is 8.17. The summed E-state index contributed by atoms with van der Waals surface area (Å²) in [7, 11) is 0. The van der Waals surface area contributed by atoms with Gasteiger partial charge in [-0.25, -0.2) is 0 Å². The van der Waals surface area contributed by atoms with Crippen molar-refractivity contribution in [1.82, 2.24) is 0 Å². The van der Waals surface area contributed by atoms with Crippen LogP contribution in [0.2, 0.25) is 0 Å². The molecule has 3 N–H and O–H groups in total. The van der Waals surface area contributed by atoms with Crippen molar-refractivity contribution in [2.75, 3.05) is 13.2 Å². The van der Waals surface area contributed by atoms with Crippen molar-refractivity contribution in [2.24, 2.45) is 0 Å². The molecule has 0 amide bonds. The molecule has 14 heavy (non-hydrogen) atoms. The van der Waals surface area contributed by atoms with Crippen LogP contribution in [-0.4, -0.2) is 34.6 Å². The Bertz CT molecular complexity index is 101. The second-order valence-corrected chi connectivity index (χ2v) is 3.16. The van der Waals surface area contributed by atoms with Gasteiger partial charge in [-0.05, 0) is 12.8 Å². The van der Waals surface area contributed by atoms with Gasteiger partial charge in [0.05, 0.1) is 13.2 Å². The molecule has 0 atom stereocenters. The van der Waals surface area contributed by atoms with Crippen molar-refractivity contribution < 1.29 is 15.3 Å². The molecule has 0 aliphatic carbocycles. The van der Waals surface area contributed by atoms with E-state index >= 15 is 0 Å². The van der Waals surface area contributed by atoms with E-state index in [2.05, 4.69) is 13.5 Å². The Labute approximate surface area is 87.1 Å². The molecule has 0 aromatic carbocycles. The van der Waals surface area contributed by atoms with Gasteiger partial charge in [-0.2, -0.15) is 0 Å². The number of hydrogen-bond acceptors (Lipinski definition) is 3. The van der Waals surface area contributed by atoms with Crippen molar-refractivity contribution >= 4 is 0 Å². The summed E-state index contributed by atoms with van der Waals surface area (Å²) in [4.78, 5) is 0. The summed E-state index contributed by atoms with van der Waals surface area (Å²) >= 11 is 0. The van der Waals surface area contributed by atoms with Crippen LogP contribution in [0.25, 0.3) is 0 Å². The van der Waals surface area contributed by atoms with Crippen LogP contribution in [0.5, 0.6) is 0 Å². The molecule has 3 heteroatoms. The van der Waals surface area contributed by atoms with Crippen LogP contribution in [-0.2, 0) is 0 Å². The molecular formula is C11H24O3. The van der Waals surface area contributed by atoms with E-state index in [4.69, 9.17) is 15.3 Å². The highest BCUT2D eigenvalue weighted by atomic mass is 16.3. The van der Waals surface area contributed by atoms with Crippen molar-refractivity contribution in [2.45, 2.75) is 45.1 Å². The molecule has 0 aromatic rings. The highest BCUT2D eigenvalue weighted by molar-refractivity contribution is 4.64. The summed E-state index contributed by atoms with van der Waals surface area (Å²) in [5.41, 5.74) is 0. The van der Waals surface area contributed by atoms with Crippen molar-refractivity contribution in [3.8, 4) is 0 Å². The van der Waals surface area contributed by atoms with E-state index in [1.165, 1.54) is 32.1 Å². The maximum Gasteiger partial charge on any atom is 0.100 e. The number of unbranched alkanes of at least 4 members (excludes halogenated alkanes) is 4. The Morgan fingerprint density at radius 3 is 2.00 bits per heavy atom. The lowest BCUT2D eigenvalue weighted by Gasteiger charge is -1.96. The molecule has 0 aliphatic rings. The quantitative estimate of drug-likeness (QED) is 0.435. The smallest absolute Gasteiger partial charge is 0.100 e. The summed E-state index contributed by atoms with van der Waals surface area (Å²) in [6.45, 7) is 5.16. The van der Waals surface area contributed by atoms with Crippen LogP contribution in [0.1, 0.15) is 39.0 Å². The van der Waals surface area contributed by atoms with E-state index in [1.54, 1.807) is 0 Å². The molecule has 0 aromatic heterocycles. The van der Waals surface area contributed by atoms with Gasteiger partial charge in [-0.15, -0.1) is 6.58 Å². The molecule has 0 fully saturated rings. The largest absolute Gasteiger partial charge is 0.394 e. The lowest BCUT2D eigenvalue weighted by Crippen LogP contribution is -2.15. The van der Waals surface area contributed by atoms with Crippen LogP contribution in [0.3, 0.4) is 0 Å². The van der Waals surface area contributed by atoms with Crippen LogP contribution in [0, 0.1) is 0 Å². The highest BCUT2D eigenvalue weighted by Gasteiger charge is 1.93. The molecule has 0 unspecified atom stereocenters. The molecule has 0 heterocycles. The molecule has 3 nitrogen and oxygen atoms in total. The first-order valence-electron chi connectivity index (χ1n) is 5.23. The average Bonchev–Trinajstić information content (AvgIpc) is 2.24. The topological polar surface area (TPSA) is 60.7 Å². The minimum Gasteiger partial charge on any atom is -0.394 e. The zero-order valence-corrected chi connectivity index (χ0v) is 9.15. The van der Waals surface area contributed by atoms with Gasteiger partial charge in [-0.3, -0.25) is 0 Å². The van der Waals surface area contributed by atoms with Gasteiger partial charge in [0.15, 0.2) is 0 Å². The zero-order chi connectivity index (χ0) is 11.2. The van der Waals surface area contributed by atoms with E-state index < -0.39 is 6.10 Å². The Balaban J connectivity index is 0. The van der Waals surface area contributed by atoms with Gasteiger partial charge < -0.3 is 15.3 Å². The Morgan fingerprint density at radius 1 is 1.14 bits per heavy atom. The normalized spacial score (nSPS) is 9.50. The Morgan fingerprint density at radius 2 is 1.71 bits per heavy atom. The second-order valence-electron chi connectivity index (χ2n) is 3.16. The second kappa shape index (κ2) is 15.1. The molecule has 86 valence electrons. The molecule has 0 spiro atoms. The van der Waals surface area contributed by atoms with Gasteiger partial charge >= 0.3 is 0 Å². The van der Waals surface area contributed by atoms with E-state index in [-0.39, 0.29) is 13.2 Å². The lowest BCUT2D eigenvalue weighted by atomic mass is 10.2. The highest BCUT2D eigenvalue weighted by Crippen LogP contribution is 2.01. The summed E-state index contributed by atoms with van der Waals surface area (Å²) < 4.78 is 0. The number of hydrogen-bond donors (Lipinski definition) is 3. The Kier molecular flexibility index (Phi) is 17.3. The number of rotatable bonds is 7. The van der Waals surface area contributed by atoms with E-state index in [0.29, 0.717) is 0 Å². The first-order chi connectivity index (χ1) is 6.72. The number of aliphatic hydroxyl groups is 3. The summed E-state index contributed by atoms with van der Waals surface area (Å²) in [6, 6.07) is 0. The van der Waals surface area contributed by atoms with Gasteiger partial charge in [0.1, 0.15) is 6.10 Å². The first-order valence-corrected chi connectivity index (χ1v) is 5.23. The monoisotopic (exact) mass is 204 g/mol. The summed E-state index contributed by atoms with van der Waals surface area (Å²) in [5, 5.41) is 24.0. The molecule has 0 radical (unpaired) electrons. The van der Waals surface area contributed by atoms with Gasteiger partial charge in [0, 0.05) is 0 Å². The first kappa shape index (κ1) is 16.1. The van der Waals surface area contributed by atoms with Gasteiger partial charge in [0.25, 0.3) is 0 Å². The summed E-state index contributed by atoms with van der Waals surface area (Å²) in [6.07, 6.45) is 7.66.